The van der Waals surface area contributed by atoms with Crippen molar-refractivity contribution in [3.63, 3.8) is 0 Å². The normalized spacial score (nSPS) is 11.5. The Morgan fingerprint density at radius 1 is 1.11 bits per heavy atom. The summed E-state index contributed by atoms with van der Waals surface area (Å²) in [6.45, 7) is 5.40. The molecule has 0 aliphatic heterocycles. The van der Waals surface area contributed by atoms with E-state index in [4.69, 9.17) is 4.74 Å². The van der Waals surface area contributed by atoms with Crippen LogP contribution in [0.1, 0.15) is 31.1 Å². The molecule has 0 aliphatic rings. The van der Waals surface area contributed by atoms with Crippen LogP contribution < -0.4 is 0 Å². The number of phenols is 1. The van der Waals surface area contributed by atoms with Crippen molar-refractivity contribution in [1.29, 1.82) is 0 Å². The summed E-state index contributed by atoms with van der Waals surface area (Å²) >= 11 is 0. The molecule has 0 radical (unpaired) electrons. The summed E-state index contributed by atoms with van der Waals surface area (Å²) in [5, 5.41) is 11.5. The second kappa shape index (κ2) is 4.33. The van der Waals surface area contributed by atoms with Gasteiger partial charge in [0, 0.05) is 0 Å². The van der Waals surface area contributed by atoms with E-state index in [1.165, 1.54) is 6.07 Å². The maximum absolute atomic E-state index is 12.1. The van der Waals surface area contributed by atoms with Crippen molar-refractivity contribution in [2.24, 2.45) is 0 Å². The third-order valence-electron chi connectivity index (χ3n) is 2.51. The van der Waals surface area contributed by atoms with Crippen molar-refractivity contribution >= 4 is 16.7 Å². The molecular weight excluding hydrogens is 228 g/mol. The maximum atomic E-state index is 12.1. The highest BCUT2D eigenvalue weighted by molar-refractivity contribution is 6.07. The molecule has 2 aromatic carbocycles. The molecule has 0 saturated heterocycles. The van der Waals surface area contributed by atoms with E-state index in [2.05, 4.69) is 0 Å². The van der Waals surface area contributed by atoms with Crippen LogP contribution in [0.5, 0.6) is 5.75 Å². The van der Waals surface area contributed by atoms with Crippen LogP contribution in [0.4, 0.5) is 0 Å². The van der Waals surface area contributed by atoms with Crippen LogP contribution >= 0.6 is 0 Å². The predicted octanol–water partition coefficient (Wildman–Crippen LogP) is 3.50. The van der Waals surface area contributed by atoms with Crippen LogP contribution in [0.15, 0.2) is 36.4 Å². The zero-order valence-corrected chi connectivity index (χ0v) is 10.7. The van der Waals surface area contributed by atoms with Gasteiger partial charge in [0.1, 0.15) is 16.9 Å². The average molecular weight is 244 g/mol. The highest BCUT2D eigenvalue weighted by Gasteiger charge is 2.22. The van der Waals surface area contributed by atoms with E-state index in [0.717, 1.165) is 5.39 Å². The summed E-state index contributed by atoms with van der Waals surface area (Å²) in [6, 6.07) is 10.7. The van der Waals surface area contributed by atoms with Crippen LogP contribution in [0.2, 0.25) is 0 Å². The van der Waals surface area contributed by atoms with E-state index in [-0.39, 0.29) is 11.3 Å². The van der Waals surface area contributed by atoms with Crippen LogP contribution in [0.3, 0.4) is 0 Å². The van der Waals surface area contributed by atoms with Gasteiger partial charge in [0.15, 0.2) is 0 Å². The Kier molecular flexibility index (Phi) is 2.99. The lowest BCUT2D eigenvalue weighted by atomic mass is 10.0. The van der Waals surface area contributed by atoms with Gasteiger partial charge >= 0.3 is 5.97 Å². The van der Waals surface area contributed by atoms with Gasteiger partial charge in [-0.2, -0.15) is 0 Å². The molecule has 3 nitrogen and oxygen atoms in total. The Morgan fingerprint density at radius 3 is 2.44 bits per heavy atom. The summed E-state index contributed by atoms with van der Waals surface area (Å²) in [6.07, 6.45) is 0. The second-order valence-corrected chi connectivity index (χ2v) is 5.18. The minimum Gasteiger partial charge on any atom is -0.507 e. The number of phenolic OH excluding ortho intramolecular Hbond substituents is 1. The minimum absolute atomic E-state index is 0.0528. The molecule has 0 heterocycles. The molecule has 2 aromatic rings. The van der Waals surface area contributed by atoms with Gasteiger partial charge in [0.25, 0.3) is 0 Å². The molecule has 0 atom stereocenters. The Bertz CT molecular complexity index is 594. The molecule has 0 spiro atoms. The van der Waals surface area contributed by atoms with Gasteiger partial charge in [-0.3, -0.25) is 0 Å². The zero-order chi connectivity index (χ0) is 13.3. The summed E-state index contributed by atoms with van der Waals surface area (Å²) in [4.78, 5) is 12.1. The molecule has 18 heavy (non-hydrogen) atoms. The summed E-state index contributed by atoms with van der Waals surface area (Å²) in [7, 11) is 0. The minimum atomic E-state index is -0.583. The highest BCUT2D eigenvalue weighted by Crippen LogP contribution is 2.28. The van der Waals surface area contributed by atoms with Crippen molar-refractivity contribution < 1.29 is 14.6 Å². The van der Waals surface area contributed by atoms with Crippen LogP contribution in [-0.2, 0) is 4.74 Å². The zero-order valence-electron chi connectivity index (χ0n) is 10.7. The molecule has 0 unspecified atom stereocenters. The molecule has 0 aliphatic carbocycles. The number of fused-ring (bicyclic) bond motifs is 1. The number of ether oxygens (including phenoxy) is 1. The first-order valence-electron chi connectivity index (χ1n) is 5.82. The summed E-state index contributed by atoms with van der Waals surface area (Å²) in [5.74, 6) is -0.556. The van der Waals surface area contributed by atoms with Gasteiger partial charge in [-0.05, 0) is 37.6 Å². The first kappa shape index (κ1) is 12.4. The number of carbonyl (C=O) groups is 1. The topological polar surface area (TPSA) is 46.5 Å². The third-order valence-corrected chi connectivity index (χ3v) is 2.51. The highest BCUT2D eigenvalue weighted by atomic mass is 16.6. The number of hydrogen-bond donors (Lipinski definition) is 1. The molecular formula is C15H16O3. The lowest BCUT2D eigenvalue weighted by molar-refractivity contribution is 0.00693. The Labute approximate surface area is 106 Å². The lowest BCUT2D eigenvalue weighted by Gasteiger charge is -2.20. The fourth-order valence-corrected chi connectivity index (χ4v) is 1.80. The van der Waals surface area contributed by atoms with Crippen molar-refractivity contribution in [2.75, 3.05) is 0 Å². The first-order chi connectivity index (χ1) is 8.38. The van der Waals surface area contributed by atoms with E-state index in [9.17, 15) is 9.90 Å². The second-order valence-electron chi connectivity index (χ2n) is 5.18. The molecule has 0 saturated carbocycles. The number of rotatable bonds is 1. The van der Waals surface area contributed by atoms with Gasteiger partial charge in [0.2, 0.25) is 0 Å². The van der Waals surface area contributed by atoms with Crippen LogP contribution in [0, 0.1) is 0 Å². The standard InChI is InChI=1S/C15H16O3/c1-15(2,3)18-14(17)13-11-7-5-4-6-10(11)8-9-12(13)16/h4-9,16H,1-3H3. The van der Waals surface area contributed by atoms with Gasteiger partial charge < -0.3 is 9.84 Å². The van der Waals surface area contributed by atoms with Gasteiger partial charge in [0.05, 0.1) is 0 Å². The number of aromatic hydroxyl groups is 1. The number of benzene rings is 2. The fourth-order valence-electron chi connectivity index (χ4n) is 1.80. The summed E-state index contributed by atoms with van der Waals surface area (Å²) in [5.41, 5.74) is -0.358. The van der Waals surface area contributed by atoms with E-state index < -0.39 is 11.6 Å². The lowest BCUT2D eigenvalue weighted by Crippen LogP contribution is -2.24. The molecule has 0 amide bonds. The molecule has 0 bridgehead atoms. The first-order valence-corrected chi connectivity index (χ1v) is 5.82. The van der Waals surface area contributed by atoms with Gasteiger partial charge in [-0.25, -0.2) is 4.79 Å². The van der Waals surface area contributed by atoms with Gasteiger partial charge in [-0.1, -0.05) is 30.3 Å². The van der Waals surface area contributed by atoms with Gasteiger partial charge in [-0.15, -0.1) is 0 Å². The predicted molar refractivity (Wildman–Crippen MR) is 70.8 cm³/mol. The smallest absolute Gasteiger partial charge is 0.343 e. The summed E-state index contributed by atoms with van der Waals surface area (Å²) < 4.78 is 5.31. The fraction of sp³-hybridized carbons (Fsp3) is 0.267. The van der Waals surface area contributed by atoms with E-state index in [1.807, 2.05) is 18.2 Å². The molecule has 0 fully saturated rings. The van der Waals surface area contributed by atoms with E-state index in [1.54, 1.807) is 32.9 Å². The Morgan fingerprint density at radius 2 is 1.78 bits per heavy atom. The van der Waals surface area contributed by atoms with E-state index >= 15 is 0 Å². The third kappa shape index (κ3) is 2.45. The average Bonchev–Trinajstić information content (AvgIpc) is 2.26. The van der Waals surface area contributed by atoms with Crippen molar-refractivity contribution in [3.8, 4) is 5.75 Å². The van der Waals surface area contributed by atoms with Crippen LogP contribution in [0.25, 0.3) is 10.8 Å². The SMILES string of the molecule is CC(C)(C)OC(=O)c1c(O)ccc2ccccc12. The van der Waals surface area contributed by atoms with Crippen molar-refractivity contribution in [2.45, 2.75) is 26.4 Å². The molecule has 0 aromatic heterocycles. The Hall–Kier alpha value is -2.03. The maximum Gasteiger partial charge on any atom is 0.343 e. The largest absolute Gasteiger partial charge is 0.507 e. The molecule has 1 N–H and O–H groups in total. The van der Waals surface area contributed by atoms with Crippen molar-refractivity contribution in [1.82, 2.24) is 0 Å². The monoisotopic (exact) mass is 244 g/mol. The molecule has 94 valence electrons. The number of hydrogen-bond acceptors (Lipinski definition) is 3. The molecule has 2 rings (SSSR count). The Balaban J connectivity index is 2.56. The van der Waals surface area contributed by atoms with E-state index in [0.29, 0.717) is 5.39 Å². The number of carbonyl (C=O) groups excluding carboxylic acids is 1. The van der Waals surface area contributed by atoms with Crippen molar-refractivity contribution in [3.05, 3.63) is 42.0 Å². The molecule has 3 heteroatoms. The number of esters is 1. The quantitative estimate of drug-likeness (QED) is 0.781. The van der Waals surface area contributed by atoms with Crippen LogP contribution in [-0.4, -0.2) is 16.7 Å².